The van der Waals surface area contributed by atoms with Gasteiger partial charge in [-0.3, -0.25) is 4.98 Å². The van der Waals surface area contributed by atoms with Crippen molar-refractivity contribution in [2.75, 3.05) is 41.3 Å². The van der Waals surface area contributed by atoms with E-state index in [0.717, 1.165) is 59.3 Å². The molecule has 0 saturated carbocycles. The fraction of sp³-hybridized carbons (Fsp3) is 0.227. The van der Waals surface area contributed by atoms with E-state index in [4.69, 9.17) is 4.98 Å². The first-order valence-corrected chi connectivity index (χ1v) is 11.0. The number of aromatic nitrogens is 5. The number of nitriles is 1. The molecule has 10 heteroatoms. The van der Waals surface area contributed by atoms with Crippen LogP contribution in [0.5, 0.6) is 0 Å². The quantitative estimate of drug-likeness (QED) is 0.456. The van der Waals surface area contributed by atoms with Crippen molar-refractivity contribution in [3.8, 4) is 6.07 Å². The van der Waals surface area contributed by atoms with Gasteiger partial charge in [-0.2, -0.15) is 14.9 Å². The number of pyridine rings is 2. The van der Waals surface area contributed by atoms with Gasteiger partial charge < -0.3 is 15.1 Å². The summed E-state index contributed by atoms with van der Waals surface area (Å²) in [6, 6.07) is 11.8. The van der Waals surface area contributed by atoms with Gasteiger partial charge >= 0.3 is 0 Å². The van der Waals surface area contributed by atoms with Gasteiger partial charge in [0.15, 0.2) is 5.65 Å². The minimum absolute atomic E-state index is 0.602. The molecule has 9 nitrogen and oxygen atoms in total. The topological polar surface area (TPSA) is 98.3 Å². The van der Waals surface area contributed by atoms with Crippen molar-refractivity contribution in [1.82, 2.24) is 24.6 Å². The molecule has 1 aliphatic heterocycles. The molecule has 32 heavy (non-hydrogen) atoms. The molecule has 5 rings (SSSR count). The fourth-order valence-electron chi connectivity index (χ4n) is 3.79. The maximum Gasteiger partial charge on any atom is 0.173 e. The minimum Gasteiger partial charge on any atom is -0.366 e. The van der Waals surface area contributed by atoms with E-state index in [1.165, 1.54) is 0 Å². The van der Waals surface area contributed by atoms with Crippen LogP contribution in [0.25, 0.3) is 5.65 Å². The van der Waals surface area contributed by atoms with Crippen molar-refractivity contribution >= 4 is 39.0 Å². The third-order valence-corrected chi connectivity index (χ3v) is 5.98. The normalized spacial score (nSPS) is 13.9. The Hall–Kier alpha value is -3.71. The average molecular weight is 490 g/mol. The van der Waals surface area contributed by atoms with Gasteiger partial charge in [-0.15, -0.1) is 0 Å². The second-order valence-corrected chi connectivity index (χ2v) is 8.26. The van der Waals surface area contributed by atoms with E-state index in [-0.39, 0.29) is 0 Å². The second-order valence-electron chi connectivity index (χ2n) is 7.40. The van der Waals surface area contributed by atoms with Crippen LogP contribution in [0.2, 0.25) is 0 Å². The maximum absolute atomic E-state index is 9.39. The molecule has 1 N–H and O–H groups in total. The highest BCUT2D eigenvalue weighted by Gasteiger charge is 2.22. The molecule has 4 aromatic heterocycles. The van der Waals surface area contributed by atoms with E-state index < -0.39 is 0 Å². The lowest BCUT2D eigenvalue weighted by Gasteiger charge is -2.36. The lowest BCUT2D eigenvalue weighted by atomic mass is 10.2. The van der Waals surface area contributed by atoms with Crippen LogP contribution in [0.3, 0.4) is 0 Å². The summed E-state index contributed by atoms with van der Waals surface area (Å²) in [4.78, 5) is 17.9. The number of anilines is 3. The summed E-state index contributed by atoms with van der Waals surface area (Å²) in [5, 5.41) is 17.3. The summed E-state index contributed by atoms with van der Waals surface area (Å²) in [6.07, 6.45) is 7.10. The van der Waals surface area contributed by atoms with Gasteiger partial charge in [-0.05, 0) is 39.7 Å². The van der Waals surface area contributed by atoms with Crippen LogP contribution < -0.4 is 15.1 Å². The number of rotatable bonds is 5. The molecule has 0 radical (unpaired) electrons. The summed E-state index contributed by atoms with van der Waals surface area (Å²) < 4.78 is 2.64. The zero-order chi connectivity index (χ0) is 21.9. The van der Waals surface area contributed by atoms with E-state index in [9.17, 15) is 5.26 Å². The fourth-order valence-corrected chi connectivity index (χ4v) is 4.14. The Morgan fingerprint density at radius 1 is 1.06 bits per heavy atom. The van der Waals surface area contributed by atoms with Crippen LogP contribution in [0, 0.1) is 11.3 Å². The third kappa shape index (κ3) is 3.94. The highest BCUT2D eigenvalue weighted by Crippen LogP contribution is 2.26. The monoisotopic (exact) mass is 489 g/mol. The van der Waals surface area contributed by atoms with E-state index in [1.807, 2.05) is 30.5 Å². The summed E-state index contributed by atoms with van der Waals surface area (Å²) in [6.45, 7) is 3.71. The molecule has 0 atom stereocenters. The Balaban J connectivity index is 1.37. The van der Waals surface area contributed by atoms with Crippen LogP contribution >= 0.6 is 15.9 Å². The highest BCUT2D eigenvalue weighted by molar-refractivity contribution is 9.10. The van der Waals surface area contributed by atoms with Gasteiger partial charge in [-0.25, -0.2) is 9.97 Å². The van der Waals surface area contributed by atoms with Gasteiger partial charge in [-0.1, -0.05) is 6.07 Å². The molecule has 4 aromatic rings. The molecule has 1 saturated heterocycles. The number of hydrogen-bond acceptors (Lipinski definition) is 8. The van der Waals surface area contributed by atoms with Gasteiger partial charge in [0.2, 0.25) is 0 Å². The number of hydrogen-bond donors (Lipinski definition) is 1. The summed E-state index contributed by atoms with van der Waals surface area (Å²) >= 11 is 3.56. The summed E-state index contributed by atoms with van der Waals surface area (Å²) in [7, 11) is 0. The highest BCUT2D eigenvalue weighted by atomic mass is 79.9. The molecule has 0 unspecified atom stereocenters. The number of nitrogens with zero attached hydrogens (tertiary/aromatic N) is 8. The Morgan fingerprint density at radius 3 is 2.66 bits per heavy atom. The predicted octanol–water partition coefficient (Wildman–Crippen LogP) is 3.09. The van der Waals surface area contributed by atoms with Gasteiger partial charge in [0.05, 0.1) is 16.2 Å². The van der Waals surface area contributed by atoms with Crippen LogP contribution in [0.1, 0.15) is 11.1 Å². The molecule has 1 fully saturated rings. The zero-order valence-electron chi connectivity index (χ0n) is 17.2. The standard InChI is InChI=1S/C22H20BrN9/c23-18-15-28-32-19(27-14-16-3-1-5-25-13-16)11-20(29-22(18)32)30-7-9-31(10-8-30)21-17(12-24)4-2-6-26-21/h1-6,11,13,15,27H,7-10,14H2. The van der Waals surface area contributed by atoms with Gasteiger partial charge in [0.25, 0.3) is 0 Å². The first kappa shape index (κ1) is 20.2. The Kier molecular flexibility index (Phi) is 5.56. The van der Waals surface area contributed by atoms with Gasteiger partial charge in [0, 0.05) is 57.4 Å². The van der Waals surface area contributed by atoms with Crippen molar-refractivity contribution in [2.24, 2.45) is 0 Å². The van der Waals surface area contributed by atoms with Crippen molar-refractivity contribution in [2.45, 2.75) is 6.54 Å². The molecule has 0 amide bonds. The van der Waals surface area contributed by atoms with Gasteiger partial charge in [0.1, 0.15) is 23.5 Å². The number of halogens is 1. The molecule has 160 valence electrons. The van der Waals surface area contributed by atoms with Crippen LogP contribution in [0.15, 0.2) is 59.6 Å². The van der Waals surface area contributed by atoms with Crippen LogP contribution in [0.4, 0.5) is 17.5 Å². The molecule has 1 aliphatic rings. The number of fused-ring (bicyclic) bond motifs is 1. The molecule has 0 aromatic carbocycles. The van der Waals surface area contributed by atoms with E-state index >= 15 is 0 Å². The van der Waals surface area contributed by atoms with Crippen LogP contribution in [-0.4, -0.2) is 50.7 Å². The molecule has 0 aliphatic carbocycles. The molecular weight excluding hydrogens is 470 g/mol. The first-order chi connectivity index (χ1) is 15.7. The largest absolute Gasteiger partial charge is 0.366 e. The Morgan fingerprint density at radius 2 is 1.88 bits per heavy atom. The van der Waals surface area contributed by atoms with E-state index in [1.54, 1.807) is 29.2 Å². The van der Waals surface area contributed by atoms with E-state index in [0.29, 0.717) is 12.1 Å². The van der Waals surface area contributed by atoms with Crippen molar-refractivity contribution in [3.63, 3.8) is 0 Å². The zero-order valence-corrected chi connectivity index (χ0v) is 18.8. The Bertz CT molecular complexity index is 1270. The molecule has 5 heterocycles. The summed E-state index contributed by atoms with van der Waals surface area (Å²) in [5.41, 5.74) is 2.45. The lowest BCUT2D eigenvalue weighted by molar-refractivity contribution is 0.641. The summed E-state index contributed by atoms with van der Waals surface area (Å²) in [5.74, 6) is 2.49. The van der Waals surface area contributed by atoms with Crippen molar-refractivity contribution in [3.05, 3.63) is 70.7 Å². The predicted molar refractivity (Wildman–Crippen MR) is 126 cm³/mol. The second kappa shape index (κ2) is 8.80. The molecular formula is C22H20BrN9. The molecule has 0 bridgehead atoms. The SMILES string of the molecule is N#Cc1cccnc1N1CCN(c2cc(NCc3cccnc3)n3ncc(Br)c3n2)CC1. The average Bonchev–Trinajstić information content (AvgIpc) is 3.24. The Labute approximate surface area is 193 Å². The first-order valence-electron chi connectivity index (χ1n) is 10.2. The smallest absolute Gasteiger partial charge is 0.173 e. The molecule has 0 spiro atoms. The van der Waals surface area contributed by atoms with Crippen molar-refractivity contribution < 1.29 is 0 Å². The van der Waals surface area contributed by atoms with E-state index in [2.05, 4.69) is 52.2 Å². The lowest BCUT2D eigenvalue weighted by Crippen LogP contribution is -2.47. The maximum atomic E-state index is 9.39. The minimum atomic E-state index is 0.602. The third-order valence-electron chi connectivity index (χ3n) is 5.42. The van der Waals surface area contributed by atoms with Crippen molar-refractivity contribution in [1.29, 1.82) is 5.26 Å². The number of piperazine rings is 1. The number of nitrogens with one attached hydrogen (secondary N) is 1. The van der Waals surface area contributed by atoms with Crippen LogP contribution in [-0.2, 0) is 6.54 Å².